The van der Waals surface area contributed by atoms with Crippen LogP contribution in [0.25, 0.3) is 0 Å². The number of urea groups is 1. The fourth-order valence-corrected chi connectivity index (χ4v) is 1.21. The lowest BCUT2D eigenvalue weighted by Crippen LogP contribution is -2.39. The van der Waals surface area contributed by atoms with Crippen LogP contribution in [0, 0.1) is 0 Å². The smallest absolute Gasteiger partial charge is 0.319 e. The van der Waals surface area contributed by atoms with E-state index in [0.29, 0.717) is 17.9 Å². The molecule has 98 valence electrons. The van der Waals surface area contributed by atoms with Gasteiger partial charge in [-0.1, -0.05) is 0 Å². The van der Waals surface area contributed by atoms with Gasteiger partial charge >= 0.3 is 6.03 Å². The number of benzene rings is 1. The largest absolute Gasteiger partial charge is 0.399 e. The molecule has 0 atom stereocenters. The molecule has 0 aromatic heterocycles. The van der Waals surface area contributed by atoms with Gasteiger partial charge in [0.15, 0.2) is 0 Å². The SMILES string of the molecule is CCN(C)C(=O)CNC(=O)Nc1ccc(N)cc1. The molecule has 4 N–H and O–H groups in total. The third kappa shape index (κ3) is 4.32. The molecule has 6 heteroatoms. The Morgan fingerprint density at radius 2 is 1.89 bits per heavy atom. The second kappa shape index (κ2) is 6.48. The number of nitrogens with one attached hydrogen (secondary N) is 2. The van der Waals surface area contributed by atoms with E-state index in [-0.39, 0.29) is 12.5 Å². The Labute approximate surface area is 106 Å². The normalized spacial score (nSPS) is 9.67. The van der Waals surface area contributed by atoms with Crippen LogP contribution in [0.3, 0.4) is 0 Å². The van der Waals surface area contributed by atoms with Crippen molar-refractivity contribution in [1.29, 1.82) is 0 Å². The molecule has 0 aliphatic heterocycles. The van der Waals surface area contributed by atoms with Gasteiger partial charge in [0, 0.05) is 25.0 Å². The minimum Gasteiger partial charge on any atom is -0.399 e. The molecule has 1 aromatic carbocycles. The highest BCUT2D eigenvalue weighted by Crippen LogP contribution is 2.09. The summed E-state index contributed by atoms with van der Waals surface area (Å²) in [4.78, 5) is 24.5. The molecule has 0 bridgehead atoms. The highest BCUT2D eigenvalue weighted by Gasteiger charge is 2.08. The van der Waals surface area contributed by atoms with Gasteiger partial charge in [0.25, 0.3) is 0 Å². The monoisotopic (exact) mass is 250 g/mol. The molecule has 0 saturated carbocycles. The van der Waals surface area contributed by atoms with Gasteiger partial charge in [0.1, 0.15) is 0 Å². The molecule has 1 rings (SSSR count). The lowest BCUT2D eigenvalue weighted by molar-refractivity contribution is -0.128. The van der Waals surface area contributed by atoms with Gasteiger partial charge in [-0.15, -0.1) is 0 Å². The van der Waals surface area contributed by atoms with Crippen LogP contribution in [-0.4, -0.2) is 37.0 Å². The molecule has 0 saturated heterocycles. The standard InChI is InChI=1S/C12H18N4O2/c1-3-16(2)11(17)8-14-12(18)15-10-6-4-9(13)5-7-10/h4-7H,3,8,13H2,1-2H3,(H2,14,15,18). The summed E-state index contributed by atoms with van der Waals surface area (Å²) < 4.78 is 0. The zero-order valence-corrected chi connectivity index (χ0v) is 10.6. The van der Waals surface area contributed by atoms with E-state index in [9.17, 15) is 9.59 Å². The van der Waals surface area contributed by atoms with Crippen molar-refractivity contribution in [2.24, 2.45) is 0 Å². The third-order valence-corrected chi connectivity index (χ3v) is 2.47. The molecule has 0 heterocycles. The van der Waals surface area contributed by atoms with Crippen LogP contribution < -0.4 is 16.4 Å². The molecular weight excluding hydrogens is 232 g/mol. The van der Waals surface area contributed by atoms with Crippen LogP contribution >= 0.6 is 0 Å². The van der Waals surface area contributed by atoms with Crippen LogP contribution in [-0.2, 0) is 4.79 Å². The van der Waals surface area contributed by atoms with Gasteiger partial charge in [-0.05, 0) is 31.2 Å². The van der Waals surface area contributed by atoms with Crippen molar-refractivity contribution in [1.82, 2.24) is 10.2 Å². The Balaban J connectivity index is 2.38. The second-order valence-corrected chi connectivity index (χ2v) is 3.84. The van der Waals surface area contributed by atoms with E-state index in [1.165, 1.54) is 4.90 Å². The van der Waals surface area contributed by atoms with Crippen molar-refractivity contribution < 1.29 is 9.59 Å². The van der Waals surface area contributed by atoms with Gasteiger partial charge in [-0.25, -0.2) is 4.79 Å². The average Bonchev–Trinajstić information content (AvgIpc) is 2.37. The molecule has 1 aromatic rings. The predicted octanol–water partition coefficient (Wildman–Crippen LogP) is 0.869. The Morgan fingerprint density at radius 3 is 2.44 bits per heavy atom. The fraction of sp³-hybridized carbons (Fsp3) is 0.333. The maximum Gasteiger partial charge on any atom is 0.319 e. The van der Waals surface area contributed by atoms with Crippen molar-refractivity contribution in [2.75, 3.05) is 31.2 Å². The van der Waals surface area contributed by atoms with Crippen LogP contribution in [0.1, 0.15) is 6.92 Å². The molecule has 0 aliphatic carbocycles. The van der Waals surface area contributed by atoms with E-state index < -0.39 is 6.03 Å². The van der Waals surface area contributed by atoms with Gasteiger partial charge < -0.3 is 21.3 Å². The molecule has 0 radical (unpaired) electrons. The zero-order valence-electron chi connectivity index (χ0n) is 10.6. The Kier molecular flexibility index (Phi) is 4.98. The molecule has 0 spiro atoms. The molecule has 6 nitrogen and oxygen atoms in total. The van der Waals surface area contributed by atoms with Crippen molar-refractivity contribution in [2.45, 2.75) is 6.92 Å². The number of amides is 3. The second-order valence-electron chi connectivity index (χ2n) is 3.84. The lowest BCUT2D eigenvalue weighted by atomic mass is 10.3. The van der Waals surface area contributed by atoms with Crippen LogP contribution in [0.15, 0.2) is 24.3 Å². The number of rotatable bonds is 4. The number of nitrogens with two attached hydrogens (primary N) is 1. The Morgan fingerprint density at radius 1 is 1.28 bits per heavy atom. The summed E-state index contributed by atoms with van der Waals surface area (Å²) in [5.41, 5.74) is 6.77. The van der Waals surface area contributed by atoms with Gasteiger partial charge in [0.2, 0.25) is 5.91 Å². The molecular formula is C12H18N4O2. The number of anilines is 2. The topological polar surface area (TPSA) is 87.5 Å². The summed E-state index contributed by atoms with van der Waals surface area (Å²) in [6, 6.07) is 6.33. The molecule has 0 aliphatic rings. The molecule has 18 heavy (non-hydrogen) atoms. The lowest BCUT2D eigenvalue weighted by Gasteiger charge is -2.15. The molecule has 0 unspecified atom stereocenters. The number of carbonyl (C=O) groups excluding carboxylic acids is 2. The number of carbonyl (C=O) groups is 2. The maximum atomic E-state index is 11.5. The number of nitrogen functional groups attached to an aromatic ring is 1. The van der Waals surface area contributed by atoms with Crippen molar-refractivity contribution >= 4 is 23.3 Å². The van der Waals surface area contributed by atoms with E-state index in [0.717, 1.165) is 0 Å². The molecule has 3 amide bonds. The minimum atomic E-state index is -0.419. The van der Waals surface area contributed by atoms with E-state index in [1.54, 1.807) is 31.3 Å². The first-order valence-corrected chi connectivity index (χ1v) is 5.67. The van der Waals surface area contributed by atoms with Crippen molar-refractivity contribution in [3.05, 3.63) is 24.3 Å². The molecule has 0 fully saturated rings. The zero-order chi connectivity index (χ0) is 13.5. The predicted molar refractivity (Wildman–Crippen MR) is 71.2 cm³/mol. The van der Waals surface area contributed by atoms with E-state index in [2.05, 4.69) is 10.6 Å². The summed E-state index contributed by atoms with van der Waals surface area (Å²) in [5, 5.41) is 5.09. The minimum absolute atomic E-state index is 0.0227. The van der Waals surface area contributed by atoms with E-state index in [4.69, 9.17) is 5.73 Å². The first kappa shape index (κ1) is 13.8. The quantitative estimate of drug-likeness (QED) is 0.693. The van der Waals surface area contributed by atoms with Gasteiger partial charge in [-0.3, -0.25) is 4.79 Å². The highest BCUT2D eigenvalue weighted by atomic mass is 16.2. The van der Waals surface area contributed by atoms with Crippen LogP contribution in [0.2, 0.25) is 0 Å². The van der Waals surface area contributed by atoms with Gasteiger partial charge in [-0.2, -0.15) is 0 Å². The summed E-state index contributed by atoms with van der Waals surface area (Å²) in [6.07, 6.45) is 0. The van der Waals surface area contributed by atoms with E-state index in [1.807, 2.05) is 6.92 Å². The summed E-state index contributed by atoms with van der Waals surface area (Å²) >= 11 is 0. The number of hydrogen-bond donors (Lipinski definition) is 3. The van der Waals surface area contributed by atoms with Crippen LogP contribution in [0.5, 0.6) is 0 Å². The average molecular weight is 250 g/mol. The fourth-order valence-electron chi connectivity index (χ4n) is 1.21. The number of hydrogen-bond acceptors (Lipinski definition) is 3. The van der Waals surface area contributed by atoms with Crippen molar-refractivity contribution in [3.8, 4) is 0 Å². The summed E-state index contributed by atoms with van der Waals surface area (Å²) in [6.45, 7) is 2.46. The van der Waals surface area contributed by atoms with Crippen molar-refractivity contribution in [3.63, 3.8) is 0 Å². The summed E-state index contributed by atoms with van der Waals surface area (Å²) in [7, 11) is 1.68. The summed E-state index contributed by atoms with van der Waals surface area (Å²) in [5.74, 6) is -0.134. The highest BCUT2D eigenvalue weighted by molar-refractivity contribution is 5.92. The number of likely N-dealkylation sites (N-methyl/N-ethyl adjacent to an activating group) is 1. The van der Waals surface area contributed by atoms with Gasteiger partial charge in [0.05, 0.1) is 6.54 Å². The Bertz CT molecular complexity index is 417. The number of nitrogens with zero attached hydrogens (tertiary/aromatic N) is 1. The van der Waals surface area contributed by atoms with Crippen LogP contribution in [0.4, 0.5) is 16.2 Å². The Hall–Kier alpha value is -2.24. The maximum absolute atomic E-state index is 11.5. The third-order valence-electron chi connectivity index (χ3n) is 2.47. The van der Waals surface area contributed by atoms with E-state index >= 15 is 0 Å². The first-order valence-electron chi connectivity index (χ1n) is 5.67. The first-order chi connectivity index (χ1) is 8.52.